The number of ketones is 1. The van der Waals surface area contributed by atoms with Crippen molar-refractivity contribution in [1.82, 2.24) is 4.98 Å². The summed E-state index contributed by atoms with van der Waals surface area (Å²) in [5.41, 5.74) is 4.46. The number of ether oxygens (including phenoxy) is 2. The van der Waals surface area contributed by atoms with Gasteiger partial charge in [0.25, 0.3) is 5.78 Å². The lowest BCUT2D eigenvalue weighted by Gasteiger charge is -2.23. The second-order valence-corrected chi connectivity index (χ2v) is 11.0. The molecule has 9 heteroatoms. The topological polar surface area (TPSA) is 106 Å². The standard InChI is InChI=1S/C33H30N2O6S/c1-5-40-32(39)30-21(4)34-33(42-30)35-27(23-11-9-19(2)10-12-23)26(29(37)31(35)38)28(36)24-13-15-25(16-14-24)41-18-22-8-6-7-20(3)17-22/h6-17,27,36H,5,18H2,1-4H3/b28-26-. The number of nitrogens with zero attached hydrogens (tertiary/aromatic N) is 2. The molecule has 0 spiro atoms. The van der Waals surface area contributed by atoms with Gasteiger partial charge in [-0.15, -0.1) is 0 Å². The summed E-state index contributed by atoms with van der Waals surface area (Å²) in [6.07, 6.45) is 0. The van der Waals surface area contributed by atoms with Crippen LogP contribution in [0.3, 0.4) is 0 Å². The number of carbonyl (C=O) groups is 3. The van der Waals surface area contributed by atoms with Crippen LogP contribution in [-0.4, -0.2) is 34.4 Å². The summed E-state index contributed by atoms with van der Waals surface area (Å²) in [7, 11) is 0. The molecule has 4 aromatic rings. The van der Waals surface area contributed by atoms with Crippen LogP contribution in [0.5, 0.6) is 5.75 Å². The number of aromatic nitrogens is 1. The van der Waals surface area contributed by atoms with Crippen LogP contribution < -0.4 is 9.64 Å². The molecule has 1 saturated heterocycles. The number of thiazole rings is 1. The molecular weight excluding hydrogens is 552 g/mol. The van der Waals surface area contributed by atoms with Gasteiger partial charge < -0.3 is 14.6 Å². The van der Waals surface area contributed by atoms with E-state index in [1.807, 2.05) is 50.2 Å². The quantitative estimate of drug-likeness (QED) is 0.110. The Kier molecular flexibility index (Phi) is 8.22. The fourth-order valence-corrected chi connectivity index (χ4v) is 5.79. The summed E-state index contributed by atoms with van der Waals surface area (Å²) in [6.45, 7) is 7.87. The van der Waals surface area contributed by atoms with E-state index in [0.29, 0.717) is 29.2 Å². The zero-order valence-corrected chi connectivity index (χ0v) is 24.5. The molecule has 214 valence electrons. The second-order valence-electron chi connectivity index (χ2n) is 10.0. The summed E-state index contributed by atoms with van der Waals surface area (Å²) in [5.74, 6) is -1.96. The molecule has 1 atom stereocenters. The lowest BCUT2D eigenvalue weighted by molar-refractivity contribution is -0.132. The Morgan fingerprint density at radius 3 is 2.36 bits per heavy atom. The SMILES string of the molecule is CCOC(=O)c1sc(N2C(=O)C(=O)/C(=C(\O)c3ccc(OCc4cccc(C)c4)cc3)C2c2ccc(C)cc2)nc1C. The molecule has 0 aliphatic carbocycles. The monoisotopic (exact) mass is 582 g/mol. The van der Waals surface area contributed by atoms with Gasteiger partial charge in [-0.3, -0.25) is 14.5 Å². The van der Waals surface area contributed by atoms with E-state index in [9.17, 15) is 19.5 Å². The van der Waals surface area contributed by atoms with Crippen molar-refractivity contribution in [3.05, 3.63) is 117 Å². The Labute approximate surface area is 247 Å². The molecule has 8 nitrogen and oxygen atoms in total. The van der Waals surface area contributed by atoms with Crippen LogP contribution >= 0.6 is 11.3 Å². The van der Waals surface area contributed by atoms with Gasteiger partial charge in [-0.2, -0.15) is 0 Å². The summed E-state index contributed by atoms with van der Waals surface area (Å²) >= 11 is 0.975. The summed E-state index contributed by atoms with van der Waals surface area (Å²) in [4.78, 5) is 45.4. The Morgan fingerprint density at radius 1 is 0.976 bits per heavy atom. The highest BCUT2D eigenvalue weighted by atomic mass is 32.1. The number of aliphatic hydroxyl groups is 1. The van der Waals surface area contributed by atoms with Crippen molar-refractivity contribution < 1.29 is 29.0 Å². The molecule has 0 radical (unpaired) electrons. The molecule has 1 aliphatic heterocycles. The number of carbonyl (C=O) groups excluding carboxylic acids is 3. The van der Waals surface area contributed by atoms with Crippen molar-refractivity contribution in [3.63, 3.8) is 0 Å². The van der Waals surface area contributed by atoms with E-state index in [4.69, 9.17) is 9.47 Å². The largest absolute Gasteiger partial charge is 0.507 e. The molecule has 2 heterocycles. The van der Waals surface area contributed by atoms with E-state index >= 15 is 0 Å². The van der Waals surface area contributed by atoms with Crippen molar-refractivity contribution >= 4 is 39.9 Å². The third-order valence-corrected chi connectivity index (χ3v) is 8.04. The summed E-state index contributed by atoms with van der Waals surface area (Å²) in [6, 6.07) is 21.1. The summed E-state index contributed by atoms with van der Waals surface area (Å²) in [5, 5.41) is 11.6. The third kappa shape index (κ3) is 5.69. The minimum absolute atomic E-state index is 0.0668. The van der Waals surface area contributed by atoms with E-state index in [-0.39, 0.29) is 27.9 Å². The molecule has 1 aromatic heterocycles. The van der Waals surface area contributed by atoms with Crippen LogP contribution in [0.2, 0.25) is 0 Å². The van der Waals surface area contributed by atoms with Crippen LogP contribution in [-0.2, 0) is 20.9 Å². The van der Waals surface area contributed by atoms with Crippen LogP contribution in [0.4, 0.5) is 5.13 Å². The van der Waals surface area contributed by atoms with Crippen LogP contribution in [0.25, 0.3) is 5.76 Å². The predicted molar refractivity (Wildman–Crippen MR) is 161 cm³/mol. The second kappa shape index (κ2) is 12.0. The van der Waals surface area contributed by atoms with Crippen molar-refractivity contribution in [1.29, 1.82) is 0 Å². The molecule has 1 fully saturated rings. The fourth-order valence-electron chi connectivity index (χ4n) is 4.80. The maximum Gasteiger partial charge on any atom is 0.350 e. The molecule has 5 rings (SSSR count). The van der Waals surface area contributed by atoms with Crippen molar-refractivity contribution in [3.8, 4) is 5.75 Å². The molecule has 3 aromatic carbocycles. The molecular formula is C33H30N2O6S. The smallest absolute Gasteiger partial charge is 0.350 e. The molecule has 1 aliphatic rings. The Bertz CT molecular complexity index is 1690. The van der Waals surface area contributed by atoms with Gasteiger partial charge in [0.05, 0.1) is 23.9 Å². The maximum atomic E-state index is 13.5. The van der Waals surface area contributed by atoms with E-state index in [1.54, 1.807) is 50.2 Å². The number of aryl methyl sites for hydroxylation is 3. The lowest BCUT2D eigenvalue weighted by Crippen LogP contribution is -2.29. The first kappa shape index (κ1) is 28.8. The van der Waals surface area contributed by atoms with E-state index < -0.39 is 23.7 Å². The summed E-state index contributed by atoms with van der Waals surface area (Å²) < 4.78 is 11.0. The van der Waals surface area contributed by atoms with E-state index in [0.717, 1.165) is 28.0 Å². The van der Waals surface area contributed by atoms with Gasteiger partial charge in [0.2, 0.25) is 0 Å². The average molecular weight is 583 g/mol. The van der Waals surface area contributed by atoms with Gasteiger partial charge in [0.15, 0.2) is 5.13 Å². The lowest BCUT2D eigenvalue weighted by atomic mass is 9.95. The predicted octanol–water partition coefficient (Wildman–Crippen LogP) is 6.45. The number of anilines is 1. The molecule has 1 amide bonds. The minimum Gasteiger partial charge on any atom is -0.507 e. The Balaban J connectivity index is 1.52. The first-order valence-electron chi connectivity index (χ1n) is 13.5. The van der Waals surface area contributed by atoms with Crippen molar-refractivity contribution in [2.45, 2.75) is 40.3 Å². The molecule has 42 heavy (non-hydrogen) atoms. The number of amides is 1. The number of esters is 1. The number of Topliss-reactive ketones (excluding diaryl/α,β-unsaturated/α-hetero) is 1. The van der Waals surface area contributed by atoms with Gasteiger partial charge in [-0.25, -0.2) is 9.78 Å². The van der Waals surface area contributed by atoms with Gasteiger partial charge in [0.1, 0.15) is 23.0 Å². The zero-order valence-electron chi connectivity index (χ0n) is 23.7. The van der Waals surface area contributed by atoms with Crippen LogP contribution in [0, 0.1) is 20.8 Å². The van der Waals surface area contributed by atoms with Gasteiger partial charge in [-0.05, 0) is 63.1 Å². The number of aliphatic hydroxyl groups excluding tert-OH is 1. The first-order valence-corrected chi connectivity index (χ1v) is 14.3. The number of benzene rings is 3. The maximum absolute atomic E-state index is 13.5. The van der Waals surface area contributed by atoms with Crippen LogP contribution in [0.1, 0.15) is 56.1 Å². The fraction of sp³-hybridized carbons (Fsp3) is 0.212. The van der Waals surface area contributed by atoms with Crippen molar-refractivity contribution in [2.24, 2.45) is 0 Å². The van der Waals surface area contributed by atoms with E-state index in [1.165, 1.54) is 4.90 Å². The van der Waals surface area contributed by atoms with Gasteiger partial charge in [-0.1, -0.05) is 71.0 Å². The molecule has 1 N–H and O–H groups in total. The highest BCUT2D eigenvalue weighted by molar-refractivity contribution is 7.17. The van der Waals surface area contributed by atoms with Gasteiger partial charge >= 0.3 is 11.9 Å². The molecule has 0 saturated carbocycles. The number of rotatable bonds is 8. The zero-order chi connectivity index (χ0) is 30.0. The third-order valence-electron chi connectivity index (χ3n) is 6.91. The molecule has 0 bridgehead atoms. The molecule has 1 unspecified atom stereocenters. The normalized spacial score (nSPS) is 16.1. The minimum atomic E-state index is -0.955. The Morgan fingerprint density at radius 2 is 1.69 bits per heavy atom. The number of hydrogen-bond donors (Lipinski definition) is 1. The highest BCUT2D eigenvalue weighted by Gasteiger charge is 2.48. The Hall–Kier alpha value is -4.76. The van der Waals surface area contributed by atoms with Crippen molar-refractivity contribution in [2.75, 3.05) is 11.5 Å². The van der Waals surface area contributed by atoms with Crippen LogP contribution in [0.15, 0.2) is 78.4 Å². The first-order chi connectivity index (χ1) is 20.2. The van der Waals surface area contributed by atoms with Gasteiger partial charge in [0, 0.05) is 5.56 Å². The average Bonchev–Trinajstić information content (AvgIpc) is 3.48. The number of hydrogen-bond acceptors (Lipinski definition) is 8. The highest BCUT2D eigenvalue weighted by Crippen LogP contribution is 2.44. The van der Waals surface area contributed by atoms with E-state index in [2.05, 4.69) is 4.98 Å².